The molecule has 5 rings (SSSR count). The Morgan fingerprint density at radius 3 is 2.96 bits per heavy atom. The molecule has 1 fully saturated rings. The van der Waals surface area contributed by atoms with Crippen molar-refractivity contribution in [2.45, 2.75) is 65.0 Å². The van der Waals surface area contributed by atoms with Gasteiger partial charge in [-0.25, -0.2) is 18.9 Å². The second-order valence-corrected chi connectivity index (χ2v) is 9.43. The largest absolute Gasteiger partial charge is 0.352 e. The van der Waals surface area contributed by atoms with Crippen LogP contribution in [0.5, 0.6) is 0 Å². The number of carbonyl (C=O) groups excluding carboxylic acids is 1. The number of carbonyl (C=O) groups is 1. The van der Waals surface area contributed by atoms with Crippen molar-refractivity contribution < 1.29 is 4.79 Å². The summed E-state index contributed by atoms with van der Waals surface area (Å²) in [6.45, 7) is 5.12. The maximum absolute atomic E-state index is 12.9. The van der Waals surface area contributed by atoms with Gasteiger partial charge in [-0.05, 0) is 56.9 Å². The molecule has 0 unspecified atom stereocenters. The predicted octanol–water partition coefficient (Wildman–Crippen LogP) is 2.63. The number of hydrogen-bond acceptors (Lipinski definition) is 5. The minimum Gasteiger partial charge on any atom is -0.338 e. The lowest BCUT2D eigenvalue weighted by atomic mass is 9.89. The van der Waals surface area contributed by atoms with E-state index in [9.17, 15) is 9.59 Å². The van der Waals surface area contributed by atoms with Crippen molar-refractivity contribution in [1.29, 1.82) is 0 Å². The average Bonchev–Trinajstić information content (AvgIpc) is 3.19. The van der Waals surface area contributed by atoms with Crippen molar-refractivity contribution in [3.05, 3.63) is 27.3 Å². The van der Waals surface area contributed by atoms with Gasteiger partial charge < -0.3 is 4.90 Å². The maximum Gasteiger partial charge on any atom is 0.352 e. The molecule has 148 valence electrons. The van der Waals surface area contributed by atoms with Crippen LogP contribution in [-0.2, 0) is 24.2 Å². The highest BCUT2D eigenvalue weighted by atomic mass is 32.1. The van der Waals surface area contributed by atoms with Crippen molar-refractivity contribution in [2.24, 2.45) is 5.92 Å². The van der Waals surface area contributed by atoms with Crippen LogP contribution in [0, 0.1) is 5.92 Å². The summed E-state index contributed by atoms with van der Waals surface area (Å²) in [6, 6.07) is 0.230. The zero-order valence-corrected chi connectivity index (χ0v) is 17.2. The fourth-order valence-electron chi connectivity index (χ4n) is 4.65. The lowest BCUT2D eigenvalue weighted by molar-refractivity contribution is -0.135. The van der Waals surface area contributed by atoms with Crippen molar-refractivity contribution >= 4 is 33.1 Å². The zero-order chi connectivity index (χ0) is 19.4. The Kier molecular flexibility index (Phi) is 4.26. The molecule has 1 aliphatic heterocycles. The van der Waals surface area contributed by atoms with Crippen LogP contribution in [-0.4, -0.2) is 42.6 Å². The van der Waals surface area contributed by atoms with Gasteiger partial charge in [0.2, 0.25) is 5.91 Å². The lowest BCUT2D eigenvalue weighted by Crippen LogP contribution is -2.44. The van der Waals surface area contributed by atoms with E-state index in [1.807, 2.05) is 4.90 Å². The van der Waals surface area contributed by atoms with Gasteiger partial charge in [-0.1, -0.05) is 6.92 Å². The molecule has 1 amide bonds. The molecule has 1 saturated heterocycles. The maximum atomic E-state index is 12.9. The Morgan fingerprint density at radius 2 is 2.14 bits per heavy atom. The molecule has 0 spiro atoms. The summed E-state index contributed by atoms with van der Waals surface area (Å²) in [5, 5.41) is 5.59. The Morgan fingerprint density at radius 1 is 1.29 bits per heavy atom. The molecule has 8 heteroatoms. The van der Waals surface area contributed by atoms with E-state index in [1.165, 1.54) is 19.5 Å². The molecule has 0 saturated carbocycles. The highest BCUT2D eigenvalue weighted by Crippen LogP contribution is 2.38. The fourth-order valence-corrected chi connectivity index (χ4v) is 6.00. The van der Waals surface area contributed by atoms with Crippen LogP contribution in [0.2, 0.25) is 0 Å². The van der Waals surface area contributed by atoms with Crippen LogP contribution in [0.15, 0.2) is 11.1 Å². The summed E-state index contributed by atoms with van der Waals surface area (Å²) in [5.74, 6) is 0.656. The third kappa shape index (κ3) is 2.77. The van der Waals surface area contributed by atoms with Gasteiger partial charge in [0.05, 0.1) is 5.39 Å². The van der Waals surface area contributed by atoms with Crippen molar-refractivity contribution in [3.8, 4) is 0 Å². The van der Waals surface area contributed by atoms with Crippen LogP contribution < -0.4 is 5.69 Å². The fraction of sp³-hybridized carbons (Fsp3) is 0.600. The van der Waals surface area contributed by atoms with Gasteiger partial charge in [0.15, 0.2) is 5.65 Å². The number of fused-ring (bicyclic) bond motifs is 5. The zero-order valence-electron chi connectivity index (χ0n) is 16.3. The SMILES string of the molecule is C[C@H]1CCc2c(sc3ncn4c(=O)n(CC(=O)N5CCCC[C@H]5C)nc4c23)C1. The van der Waals surface area contributed by atoms with Crippen LogP contribution in [0.1, 0.15) is 50.0 Å². The number of piperidine rings is 1. The van der Waals surface area contributed by atoms with Crippen LogP contribution in [0.4, 0.5) is 0 Å². The minimum absolute atomic E-state index is 0.00426. The van der Waals surface area contributed by atoms with E-state index in [4.69, 9.17) is 0 Å². The second-order valence-electron chi connectivity index (χ2n) is 8.34. The predicted molar refractivity (Wildman–Crippen MR) is 109 cm³/mol. The monoisotopic (exact) mass is 399 g/mol. The van der Waals surface area contributed by atoms with Crippen LogP contribution in [0.3, 0.4) is 0 Å². The molecule has 0 radical (unpaired) electrons. The number of aromatic nitrogens is 4. The van der Waals surface area contributed by atoms with Gasteiger partial charge in [-0.15, -0.1) is 16.4 Å². The molecule has 4 heterocycles. The van der Waals surface area contributed by atoms with Crippen LogP contribution >= 0.6 is 11.3 Å². The number of aryl methyl sites for hydroxylation is 1. The smallest absolute Gasteiger partial charge is 0.338 e. The summed E-state index contributed by atoms with van der Waals surface area (Å²) in [7, 11) is 0. The number of nitrogens with zero attached hydrogens (tertiary/aromatic N) is 5. The van der Waals surface area contributed by atoms with Crippen molar-refractivity contribution in [1.82, 2.24) is 24.1 Å². The highest BCUT2D eigenvalue weighted by molar-refractivity contribution is 7.19. The number of hydrogen-bond donors (Lipinski definition) is 0. The molecule has 3 aromatic rings. The molecule has 0 bridgehead atoms. The Balaban J connectivity index is 1.56. The summed E-state index contributed by atoms with van der Waals surface area (Å²) in [4.78, 5) is 34.4. The van der Waals surface area contributed by atoms with Gasteiger partial charge in [0, 0.05) is 17.5 Å². The third-order valence-electron chi connectivity index (χ3n) is 6.29. The third-order valence-corrected chi connectivity index (χ3v) is 7.45. The second kappa shape index (κ2) is 6.69. The van der Waals surface area contributed by atoms with E-state index in [2.05, 4.69) is 23.9 Å². The number of amides is 1. The summed E-state index contributed by atoms with van der Waals surface area (Å²) < 4.78 is 2.82. The van der Waals surface area contributed by atoms with E-state index >= 15 is 0 Å². The Labute approximate surface area is 167 Å². The number of likely N-dealkylation sites (tertiary alicyclic amines) is 1. The first kappa shape index (κ1) is 17.8. The lowest BCUT2D eigenvalue weighted by Gasteiger charge is -2.33. The molecule has 0 N–H and O–H groups in total. The number of rotatable bonds is 2. The van der Waals surface area contributed by atoms with E-state index in [-0.39, 0.29) is 24.2 Å². The molecule has 7 nitrogen and oxygen atoms in total. The van der Waals surface area contributed by atoms with Gasteiger partial charge in [-0.3, -0.25) is 4.79 Å². The molecule has 3 aromatic heterocycles. The molecule has 0 aromatic carbocycles. The van der Waals surface area contributed by atoms with E-state index in [0.29, 0.717) is 11.6 Å². The van der Waals surface area contributed by atoms with E-state index < -0.39 is 0 Å². The first-order chi connectivity index (χ1) is 13.5. The van der Waals surface area contributed by atoms with Crippen LogP contribution in [0.25, 0.3) is 15.9 Å². The first-order valence-electron chi connectivity index (χ1n) is 10.2. The standard InChI is InChI=1S/C20H25N5O2S/c1-12-6-7-14-15(9-12)28-19-17(14)18-22-25(20(27)24(18)11-21-19)10-16(26)23-8-4-3-5-13(23)2/h11-13H,3-10H2,1-2H3/t12-,13+/m0/s1. The van der Waals surface area contributed by atoms with Gasteiger partial charge in [-0.2, -0.15) is 0 Å². The topological polar surface area (TPSA) is 72.5 Å². The van der Waals surface area contributed by atoms with Gasteiger partial charge in [0.1, 0.15) is 17.7 Å². The highest BCUT2D eigenvalue weighted by Gasteiger charge is 2.26. The molecule has 2 aliphatic rings. The Hall–Kier alpha value is -2.22. The molecule has 2 atom stereocenters. The normalized spacial score (nSPS) is 22.7. The first-order valence-corrected chi connectivity index (χ1v) is 11.0. The molecule has 28 heavy (non-hydrogen) atoms. The minimum atomic E-state index is -0.286. The summed E-state index contributed by atoms with van der Waals surface area (Å²) in [5.41, 5.74) is 1.65. The van der Waals surface area contributed by atoms with E-state index in [0.717, 1.165) is 55.3 Å². The summed E-state index contributed by atoms with van der Waals surface area (Å²) in [6.07, 6.45) is 7.99. The molecular weight excluding hydrogens is 374 g/mol. The van der Waals surface area contributed by atoms with Crippen molar-refractivity contribution in [2.75, 3.05) is 6.54 Å². The molecular formula is C20H25N5O2S. The Bertz CT molecular complexity index is 1130. The average molecular weight is 400 g/mol. The number of thiophene rings is 1. The quantitative estimate of drug-likeness (QED) is 0.664. The van der Waals surface area contributed by atoms with Gasteiger partial charge in [0.25, 0.3) is 0 Å². The summed E-state index contributed by atoms with van der Waals surface area (Å²) >= 11 is 1.72. The van der Waals surface area contributed by atoms with Crippen molar-refractivity contribution in [3.63, 3.8) is 0 Å². The van der Waals surface area contributed by atoms with Gasteiger partial charge >= 0.3 is 5.69 Å². The van der Waals surface area contributed by atoms with E-state index in [1.54, 1.807) is 17.7 Å². The molecule has 1 aliphatic carbocycles.